The van der Waals surface area contributed by atoms with Crippen molar-refractivity contribution < 1.29 is 39.8 Å². The number of carbonyl (C=O) groups excluding carboxylic acids is 1. The highest BCUT2D eigenvalue weighted by molar-refractivity contribution is 5.76. The number of aliphatic hydroxyl groups is 5. The summed E-state index contributed by atoms with van der Waals surface area (Å²) in [6.07, 6.45) is 91.0. The van der Waals surface area contributed by atoms with Gasteiger partial charge in [0.15, 0.2) is 6.29 Å². The highest BCUT2D eigenvalue weighted by Crippen LogP contribution is 2.24. The van der Waals surface area contributed by atoms with Crippen LogP contribution in [0.3, 0.4) is 0 Å². The maximum absolute atomic E-state index is 13.2. The standard InChI is InChI=1S/C80H145NO8/c1-3-5-7-9-11-13-15-17-19-21-23-25-27-29-31-33-35-37-39-41-43-45-47-49-51-53-55-57-59-61-63-65-67-69-74(83)73(72-88-80-79(87)78(86)77(85)75(71-82)89-80)81-76(84)70-68-66-64-62-60-58-56-54-52-50-48-46-44-42-40-38-36-34-32-30-28-26-24-22-20-18-16-14-12-10-8-6-4-2/h6,8,12,14,18,20,24,26,30,32,36,38,42,44,73-75,77-80,82-83,85-87H,3-5,7,9-11,13,15-17,19,21-23,25,27-29,31,33-35,37,39-41,43,45-72H2,1-2H3,(H,81,84)/b8-6-,14-12-,20-18-,26-24-,32-30-,38-36-,44-42-. The van der Waals surface area contributed by atoms with Crippen molar-refractivity contribution in [1.82, 2.24) is 5.32 Å². The highest BCUT2D eigenvalue weighted by atomic mass is 16.7. The van der Waals surface area contributed by atoms with Gasteiger partial charge in [-0.3, -0.25) is 4.79 Å². The maximum Gasteiger partial charge on any atom is 0.220 e. The summed E-state index contributed by atoms with van der Waals surface area (Å²) < 4.78 is 11.4. The SMILES string of the molecule is CC/C=C\C/C=C\C/C=C\C/C=C\C/C=C\C/C=C\C/C=C\CCCCCCCCCCCCCC(=O)NC(COC1OC(CO)C(O)C(O)C1O)C(O)CCCCCCCCCCCCCCCCCCCCCCCCCCCCCCCCCCC. The average Bonchev–Trinajstić information content (AvgIpc) is 2.28. The lowest BCUT2D eigenvalue weighted by atomic mass is 9.99. The molecule has 1 amide bonds. The first-order chi connectivity index (χ1) is 43.8. The van der Waals surface area contributed by atoms with Crippen molar-refractivity contribution in [3.63, 3.8) is 0 Å². The molecule has 1 aliphatic heterocycles. The summed E-state index contributed by atoms with van der Waals surface area (Å²) in [5.74, 6) is -0.145. The summed E-state index contributed by atoms with van der Waals surface area (Å²) >= 11 is 0. The Morgan fingerprint density at radius 3 is 1.03 bits per heavy atom. The number of aliphatic hydroxyl groups excluding tert-OH is 5. The van der Waals surface area contributed by atoms with Crippen LogP contribution in [0.1, 0.15) is 361 Å². The molecule has 9 nitrogen and oxygen atoms in total. The summed E-state index contributed by atoms with van der Waals surface area (Å²) in [4.78, 5) is 13.2. The van der Waals surface area contributed by atoms with Crippen LogP contribution in [-0.4, -0.2) is 87.5 Å². The van der Waals surface area contributed by atoms with E-state index >= 15 is 0 Å². The van der Waals surface area contributed by atoms with Gasteiger partial charge in [-0.1, -0.05) is 369 Å². The van der Waals surface area contributed by atoms with E-state index in [1.54, 1.807) is 0 Å². The molecule has 1 rings (SSSR count). The Hall–Kier alpha value is -2.63. The number of hydrogen-bond donors (Lipinski definition) is 6. The third-order valence-electron chi connectivity index (χ3n) is 18.0. The van der Waals surface area contributed by atoms with Crippen LogP contribution in [0.2, 0.25) is 0 Å². The highest BCUT2D eigenvalue weighted by Gasteiger charge is 2.44. The minimum absolute atomic E-state index is 0.141. The summed E-state index contributed by atoms with van der Waals surface area (Å²) in [6.45, 7) is 3.77. The predicted octanol–water partition coefficient (Wildman–Crippen LogP) is 21.6. The number of hydrogen-bond acceptors (Lipinski definition) is 8. The van der Waals surface area contributed by atoms with Crippen molar-refractivity contribution in [2.24, 2.45) is 0 Å². The fourth-order valence-corrected chi connectivity index (χ4v) is 12.1. The fraction of sp³-hybridized carbons (Fsp3) is 0.812. The Balaban J connectivity index is 2.09. The zero-order valence-corrected chi connectivity index (χ0v) is 58.2. The summed E-state index contributed by atoms with van der Waals surface area (Å²) in [6, 6.07) is -0.728. The van der Waals surface area contributed by atoms with Gasteiger partial charge in [-0.2, -0.15) is 0 Å². The molecule has 0 radical (unpaired) electrons. The third kappa shape index (κ3) is 56.6. The molecule has 0 aliphatic carbocycles. The van der Waals surface area contributed by atoms with Gasteiger partial charge in [-0.15, -0.1) is 0 Å². The van der Waals surface area contributed by atoms with Crippen LogP contribution in [-0.2, 0) is 14.3 Å². The van der Waals surface area contributed by atoms with E-state index < -0.39 is 49.5 Å². The summed E-state index contributed by atoms with van der Waals surface area (Å²) in [7, 11) is 0. The minimum atomic E-state index is -1.56. The lowest BCUT2D eigenvalue weighted by Crippen LogP contribution is -2.60. The molecule has 1 fully saturated rings. The van der Waals surface area contributed by atoms with E-state index in [2.05, 4.69) is 104 Å². The van der Waals surface area contributed by atoms with Gasteiger partial charge in [-0.25, -0.2) is 0 Å². The molecule has 6 N–H and O–H groups in total. The van der Waals surface area contributed by atoms with Gasteiger partial charge in [0, 0.05) is 6.42 Å². The molecule has 0 aromatic rings. The van der Waals surface area contributed by atoms with Crippen LogP contribution in [0.25, 0.3) is 0 Å². The maximum atomic E-state index is 13.2. The van der Waals surface area contributed by atoms with Crippen LogP contribution in [0.15, 0.2) is 85.1 Å². The van der Waals surface area contributed by atoms with Crippen molar-refractivity contribution in [3.8, 4) is 0 Å². The molecule has 1 heterocycles. The molecule has 0 saturated carbocycles. The Bertz CT molecular complexity index is 1690. The normalized spacial score (nSPS) is 18.3. The molecule has 518 valence electrons. The molecule has 0 aromatic heterocycles. The van der Waals surface area contributed by atoms with E-state index in [1.807, 2.05) is 0 Å². The van der Waals surface area contributed by atoms with E-state index in [4.69, 9.17) is 9.47 Å². The van der Waals surface area contributed by atoms with E-state index in [-0.39, 0.29) is 12.5 Å². The van der Waals surface area contributed by atoms with Crippen LogP contribution >= 0.6 is 0 Å². The van der Waals surface area contributed by atoms with E-state index in [1.165, 1.54) is 244 Å². The number of nitrogens with one attached hydrogen (secondary N) is 1. The Kier molecular flexibility index (Phi) is 64.7. The van der Waals surface area contributed by atoms with Crippen LogP contribution in [0.4, 0.5) is 0 Å². The second-order valence-corrected chi connectivity index (χ2v) is 26.4. The number of unbranched alkanes of at least 4 members (excludes halogenated alkanes) is 43. The molecule has 7 atom stereocenters. The molecular formula is C80H145NO8. The lowest BCUT2D eigenvalue weighted by Gasteiger charge is -2.40. The molecule has 7 unspecified atom stereocenters. The molecule has 89 heavy (non-hydrogen) atoms. The van der Waals surface area contributed by atoms with Gasteiger partial charge in [0.2, 0.25) is 5.91 Å². The van der Waals surface area contributed by atoms with Gasteiger partial charge < -0.3 is 40.3 Å². The molecule has 0 spiro atoms. The van der Waals surface area contributed by atoms with E-state index in [9.17, 15) is 30.3 Å². The Morgan fingerprint density at radius 1 is 0.393 bits per heavy atom. The smallest absolute Gasteiger partial charge is 0.220 e. The first kappa shape index (κ1) is 84.4. The van der Waals surface area contributed by atoms with Crippen molar-refractivity contribution in [3.05, 3.63) is 85.1 Å². The first-order valence-electron chi connectivity index (χ1n) is 38.3. The van der Waals surface area contributed by atoms with E-state index in [0.29, 0.717) is 12.8 Å². The second kappa shape index (κ2) is 68.2. The van der Waals surface area contributed by atoms with Crippen molar-refractivity contribution in [1.29, 1.82) is 0 Å². The monoisotopic (exact) mass is 1250 g/mol. The topological polar surface area (TPSA) is 149 Å². The molecule has 9 heteroatoms. The van der Waals surface area contributed by atoms with Crippen molar-refractivity contribution in [2.45, 2.75) is 403 Å². The Labute approximate surface area is 550 Å². The molecule has 0 aromatic carbocycles. The third-order valence-corrected chi connectivity index (χ3v) is 18.0. The van der Waals surface area contributed by atoms with Crippen molar-refractivity contribution >= 4 is 5.91 Å². The van der Waals surface area contributed by atoms with E-state index in [0.717, 1.165) is 89.9 Å². The zero-order valence-electron chi connectivity index (χ0n) is 58.2. The summed E-state index contributed by atoms with van der Waals surface area (Å²) in [5.41, 5.74) is 0. The van der Waals surface area contributed by atoms with Gasteiger partial charge in [0.1, 0.15) is 24.4 Å². The largest absolute Gasteiger partial charge is 0.394 e. The Morgan fingerprint density at radius 2 is 0.697 bits per heavy atom. The number of allylic oxidation sites excluding steroid dienone is 14. The van der Waals surface area contributed by atoms with Gasteiger partial charge >= 0.3 is 0 Å². The predicted molar refractivity (Wildman–Crippen MR) is 382 cm³/mol. The molecule has 0 bridgehead atoms. The summed E-state index contributed by atoms with van der Waals surface area (Å²) in [5, 5.41) is 55.1. The first-order valence-corrected chi connectivity index (χ1v) is 38.3. The second-order valence-electron chi connectivity index (χ2n) is 26.4. The van der Waals surface area contributed by atoms with Crippen LogP contribution < -0.4 is 5.32 Å². The average molecular weight is 1250 g/mol. The number of carbonyl (C=O) groups is 1. The van der Waals surface area contributed by atoms with Crippen LogP contribution in [0, 0.1) is 0 Å². The fourth-order valence-electron chi connectivity index (χ4n) is 12.1. The van der Waals surface area contributed by atoms with Crippen molar-refractivity contribution in [2.75, 3.05) is 13.2 Å². The van der Waals surface area contributed by atoms with Gasteiger partial charge in [0.25, 0.3) is 0 Å². The number of rotatable bonds is 67. The zero-order chi connectivity index (χ0) is 64.2. The minimum Gasteiger partial charge on any atom is -0.394 e. The number of amides is 1. The quantitative estimate of drug-likeness (QED) is 0.0261. The molecule has 1 saturated heterocycles. The molecule has 1 aliphatic rings. The number of ether oxygens (including phenoxy) is 2. The molecular weight excluding hydrogens is 1100 g/mol. The lowest BCUT2D eigenvalue weighted by molar-refractivity contribution is -0.302. The van der Waals surface area contributed by atoms with Gasteiger partial charge in [-0.05, 0) is 70.6 Å². The van der Waals surface area contributed by atoms with Gasteiger partial charge in [0.05, 0.1) is 25.4 Å². The van der Waals surface area contributed by atoms with Crippen LogP contribution in [0.5, 0.6) is 0 Å².